The molecule has 0 radical (unpaired) electrons. The van der Waals surface area contributed by atoms with Gasteiger partial charge in [-0.25, -0.2) is 0 Å². The summed E-state index contributed by atoms with van der Waals surface area (Å²) in [6.45, 7) is 0.707. The summed E-state index contributed by atoms with van der Waals surface area (Å²) in [5, 5.41) is 8.68. The second-order valence-corrected chi connectivity index (χ2v) is 3.90. The lowest BCUT2D eigenvalue weighted by Crippen LogP contribution is -2.48. The van der Waals surface area contributed by atoms with E-state index in [0.717, 1.165) is 18.5 Å². The molecule has 0 aliphatic carbocycles. The summed E-state index contributed by atoms with van der Waals surface area (Å²) in [4.78, 5) is 13.5. The molecule has 0 aromatic heterocycles. The fraction of sp³-hybridized carbons (Fsp3) is 0.333. The summed E-state index contributed by atoms with van der Waals surface area (Å²) in [5.41, 5.74) is 7.13. The molecule has 1 aliphatic heterocycles. The highest BCUT2D eigenvalue weighted by Gasteiger charge is 2.26. The minimum Gasteiger partial charge on any atom is -0.320 e. The van der Waals surface area contributed by atoms with E-state index in [4.69, 9.17) is 11.0 Å². The van der Waals surface area contributed by atoms with Crippen LogP contribution in [-0.4, -0.2) is 18.5 Å². The molecule has 2 N–H and O–H groups in total. The SMILES string of the molecule is N#Cc1ccc(N2CCC[C@@H](N)C2=O)cc1. The predicted molar refractivity (Wildman–Crippen MR) is 60.7 cm³/mol. The molecule has 16 heavy (non-hydrogen) atoms. The number of nitriles is 1. The number of benzene rings is 1. The summed E-state index contributed by atoms with van der Waals surface area (Å²) in [6, 6.07) is 8.66. The first-order chi connectivity index (χ1) is 7.72. The van der Waals surface area contributed by atoms with Crippen molar-refractivity contribution in [1.82, 2.24) is 0 Å². The number of amides is 1. The number of piperidine rings is 1. The van der Waals surface area contributed by atoms with Crippen LogP contribution in [0.2, 0.25) is 0 Å². The first-order valence-corrected chi connectivity index (χ1v) is 5.29. The highest BCUT2D eigenvalue weighted by molar-refractivity contribution is 5.97. The summed E-state index contributed by atoms with van der Waals surface area (Å²) in [7, 11) is 0. The van der Waals surface area contributed by atoms with Crippen LogP contribution in [0.3, 0.4) is 0 Å². The van der Waals surface area contributed by atoms with Crippen molar-refractivity contribution >= 4 is 11.6 Å². The highest BCUT2D eigenvalue weighted by Crippen LogP contribution is 2.20. The minimum atomic E-state index is -0.385. The van der Waals surface area contributed by atoms with Crippen molar-refractivity contribution in [3.8, 4) is 6.07 Å². The van der Waals surface area contributed by atoms with Gasteiger partial charge >= 0.3 is 0 Å². The van der Waals surface area contributed by atoms with E-state index in [-0.39, 0.29) is 11.9 Å². The Morgan fingerprint density at radius 2 is 2.06 bits per heavy atom. The van der Waals surface area contributed by atoms with Gasteiger partial charge in [-0.05, 0) is 37.1 Å². The number of nitrogens with two attached hydrogens (primary N) is 1. The summed E-state index contributed by atoms with van der Waals surface area (Å²) in [6.07, 6.45) is 1.68. The number of nitrogens with zero attached hydrogens (tertiary/aromatic N) is 2. The van der Waals surface area contributed by atoms with Crippen molar-refractivity contribution in [2.75, 3.05) is 11.4 Å². The summed E-state index contributed by atoms with van der Waals surface area (Å²) >= 11 is 0. The average molecular weight is 215 g/mol. The minimum absolute atomic E-state index is 0.0315. The molecule has 0 bridgehead atoms. The lowest BCUT2D eigenvalue weighted by Gasteiger charge is -2.30. The van der Waals surface area contributed by atoms with Gasteiger partial charge in [-0.1, -0.05) is 0 Å². The Kier molecular flexibility index (Phi) is 2.88. The molecular weight excluding hydrogens is 202 g/mol. The van der Waals surface area contributed by atoms with Crippen molar-refractivity contribution in [2.24, 2.45) is 5.73 Å². The highest BCUT2D eigenvalue weighted by atomic mass is 16.2. The topological polar surface area (TPSA) is 70.1 Å². The van der Waals surface area contributed by atoms with Crippen LogP contribution in [0.25, 0.3) is 0 Å². The van der Waals surface area contributed by atoms with Gasteiger partial charge in [0.25, 0.3) is 0 Å². The molecule has 1 aromatic rings. The molecule has 1 amide bonds. The molecule has 0 saturated carbocycles. The molecule has 2 rings (SSSR count). The first-order valence-electron chi connectivity index (χ1n) is 5.29. The number of anilines is 1. The Balaban J connectivity index is 2.23. The van der Waals surface area contributed by atoms with Gasteiger partial charge in [-0.2, -0.15) is 5.26 Å². The van der Waals surface area contributed by atoms with Crippen molar-refractivity contribution in [3.05, 3.63) is 29.8 Å². The van der Waals surface area contributed by atoms with Crippen molar-refractivity contribution < 1.29 is 4.79 Å². The average Bonchev–Trinajstić information content (AvgIpc) is 2.33. The van der Waals surface area contributed by atoms with Crippen molar-refractivity contribution in [2.45, 2.75) is 18.9 Å². The molecule has 82 valence electrons. The van der Waals surface area contributed by atoms with E-state index in [1.807, 2.05) is 6.07 Å². The van der Waals surface area contributed by atoms with Crippen molar-refractivity contribution in [3.63, 3.8) is 0 Å². The molecule has 0 unspecified atom stereocenters. The third-order valence-corrected chi connectivity index (χ3v) is 2.79. The Labute approximate surface area is 94.3 Å². The molecule has 1 saturated heterocycles. The maximum atomic E-state index is 11.8. The molecule has 1 heterocycles. The molecule has 1 aromatic carbocycles. The summed E-state index contributed by atoms with van der Waals surface area (Å²) < 4.78 is 0. The number of carbonyl (C=O) groups is 1. The summed E-state index contributed by atoms with van der Waals surface area (Å²) in [5.74, 6) is -0.0315. The quantitative estimate of drug-likeness (QED) is 0.760. The Hall–Kier alpha value is -1.86. The van der Waals surface area contributed by atoms with E-state index in [2.05, 4.69) is 0 Å². The Morgan fingerprint density at radius 3 is 2.69 bits per heavy atom. The van der Waals surface area contributed by atoms with Crippen LogP contribution in [0, 0.1) is 11.3 Å². The molecule has 1 aliphatic rings. The van der Waals surface area contributed by atoms with Crippen LogP contribution in [0.15, 0.2) is 24.3 Å². The molecule has 0 spiro atoms. The third-order valence-electron chi connectivity index (χ3n) is 2.79. The number of rotatable bonds is 1. The van der Waals surface area contributed by atoms with Crippen LogP contribution >= 0.6 is 0 Å². The molecule has 1 fully saturated rings. The maximum Gasteiger partial charge on any atom is 0.243 e. The van der Waals surface area contributed by atoms with E-state index in [1.165, 1.54) is 0 Å². The number of hydrogen-bond acceptors (Lipinski definition) is 3. The van der Waals surface area contributed by atoms with Gasteiger partial charge < -0.3 is 10.6 Å². The van der Waals surface area contributed by atoms with Gasteiger partial charge in [0, 0.05) is 12.2 Å². The zero-order valence-electron chi connectivity index (χ0n) is 8.89. The van der Waals surface area contributed by atoms with E-state index in [9.17, 15) is 4.79 Å². The van der Waals surface area contributed by atoms with Crippen LogP contribution in [-0.2, 0) is 4.79 Å². The molecule has 1 atom stereocenters. The van der Waals surface area contributed by atoms with Crippen LogP contribution in [0.1, 0.15) is 18.4 Å². The predicted octanol–water partition coefficient (Wildman–Crippen LogP) is 1.01. The maximum absolute atomic E-state index is 11.8. The molecule has 4 nitrogen and oxygen atoms in total. The van der Waals surface area contributed by atoms with Gasteiger partial charge in [0.1, 0.15) is 0 Å². The fourth-order valence-corrected chi connectivity index (χ4v) is 1.88. The third kappa shape index (κ3) is 1.90. The van der Waals surface area contributed by atoms with Crippen LogP contribution in [0.4, 0.5) is 5.69 Å². The number of carbonyl (C=O) groups excluding carboxylic acids is 1. The second-order valence-electron chi connectivity index (χ2n) is 3.90. The van der Waals surface area contributed by atoms with Gasteiger partial charge in [-0.3, -0.25) is 4.79 Å². The largest absolute Gasteiger partial charge is 0.320 e. The lowest BCUT2D eigenvalue weighted by molar-refractivity contribution is -0.120. The van der Waals surface area contributed by atoms with Gasteiger partial charge in [0.2, 0.25) is 5.91 Å². The monoisotopic (exact) mass is 215 g/mol. The van der Waals surface area contributed by atoms with Gasteiger partial charge in [-0.15, -0.1) is 0 Å². The van der Waals surface area contributed by atoms with Crippen LogP contribution in [0.5, 0.6) is 0 Å². The Morgan fingerprint density at radius 1 is 1.38 bits per heavy atom. The van der Waals surface area contributed by atoms with Crippen LogP contribution < -0.4 is 10.6 Å². The van der Waals surface area contributed by atoms with Gasteiger partial charge in [0.05, 0.1) is 17.7 Å². The molecular formula is C12H13N3O. The van der Waals surface area contributed by atoms with E-state index in [1.54, 1.807) is 29.2 Å². The standard InChI is InChI=1S/C12H13N3O/c13-8-9-3-5-10(6-4-9)15-7-1-2-11(14)12(15)16/h3-6,11H,1-2,7,14H2/t11-/m1/s1. The van der Waals surface area contributed by atoms with E-state index >= 15 is 0 Å². The first kappa shape index (κ1) is 10.7. The van der Waals surface area contributed by atoms with Crippen molar-refractivity contribution in [1.29, 1.82) is 5.26 Å². The smallest absolute Gasteiger partial charge is 0.243 e. The normalized spacial score (nSPS) is 20.6. The second kappa shape index (κ2) is 4.33. The lowest BCUT2D eigenvalue weighted by atomic mass is 10.0. The molecule has 4 heteroatoms. The number of hydrogen-bond donors (Lipinski definition) is 1. The Bertz CT molecular complexity index is 433. The van der Waals surface area contributed by atoms with E-state index in [0.29, 0.717) is 12.1 Å². The zero-order chi connectivity index (χ0) is 11.5. The van der Waals surface area contributed by atoms with E-state index < -0.39 is 0 Å². The van der Waals surface area contributed by atoms with Gasteiger partial charge in [0.15, 0.2) is 0 Å². The zero-order valence-corrected chi connectivity index (χ0v) is 8.89. The fourth-order valence-electron chi connectivity index (χ4n) is 1.88.